The zero-order chi connectivity index (χ0) is 31.4. The molecule has 1 fully saturated rings. The van der Waals surface area contributed by atoms with E-state index in [2.05, 4.69) is 20.2 Å². The topological polar surface area (TPSA) is 85.8 Å². The standard InChI is InChI=1S/C33H41F3N4O4/c1-3-40(23-25-12-10-24(11-13-25)18-31(41)42-4-2)30-15-14-27(33(34,35)36)19-26(30)20-37-32-38-21-29(22-39-32)44-17-16-43-28-8-6-5-7-9-28/h5-9,14-15,19,21-22,24-25H,3-4,10-13,16-18,20,23H2,1-2H3,(H,37,38,39). The Kier molecular flexibility index (Phi) is 12.1. The van der Waals surface area contributed by atoms with E-state index < -0.39 is 11.7 Å². The Morgan fingerprint density at radius 1 is 0.932 bits per heavy atom. The number of alkyl halides is 3. The number of anilines is 2. The van der Waals surface area contributed by atoms with E-state index >= 15 is 0 Å². The summed E-state index contributed by atoms with van der Waals surface area (Å²) in [6.45, 7) is 6.37. The molecule has 0 bridgehead atoms. The first kappa shape index (κ1) is 32.9. The molecule has 1 heterocycles. The van der Waals surface area contributed by atoms with Crippen LogP contribution in [0.4, 0.5) is 24.8 Å². The summed E-state index contributed by atoms with van der Waals surface area (Å²) in [5.41, 5.74) is 0.565. The molecule has 4 rings (SSSR count). The SMILES string of the molecule is CCOC(=O)CC1CCC(CN(CC)c2ccc(C(F)(F)F)cc2CNc2ncc(OCCOc3ccccc3)cn2)CC1. The maximum Gasteiger partial charge on any atom is 0.416 e. The normalized spacial score (nSPS) is 16.7. The molecule has 0 amide bonds. The number of carbonyl (C=O) groups is 1. The number of halogens is 3. The summed E-state index contributed by atoms with van der Waals surface area (Å²) < 4.78 is 57.3. The van der Waals surface area contributed by atoms with Gasteiger partial charge in [-0.2, -0.15) is 13.2 Å². The molecular weight excluding hydrogens is 573 g/mol. The van der Waals surface area contributed by atoms with Gasteiger partial charge in [0.1, 0.15) is 19.0 Å². The third-order valence-corrected chi connectivity index (χ3v) is 7.76. The van der Waals surface area contributed by atoms with E-state index in [9.17, 15) is 18.0 Å². The number of rotatable bonds is 15. The molecule has 0 spiro atoms. The van der Waals surface area contributed by atoms with Gasteiger partial charge in [0.05, 0.1) is 24.6 Å². The Balaban J connectivity index is 1.35. The first-order valence-electron chi connectivity index (χ1n) is 15.2. The summed E-state index contributed by atoms with van der Waals surface area (Å²) in [7, 11) is 0. The lowest BCUT2D eigenvalue weighted by atomic mass is 9.80. The van der Waals surface area contributed by atoms with Gasteiger partial charge in [-0.1, -0.05) is 18.2 Å². The minimum atomic E-state index is -4.46. The number of hydrogen-bond acceptors (Lipinski definition) is 8. The van der Waals surface area contributed by atoms with Crippen LogP contribution in [0.5, 0.6) is 11.5 Å². The van der Waals surface area contributed by atoms with E-state index in [1.54, 1.807) is 6.07 Å². The lowest BCUT2D eigenvalue weighted by Gasteiger charge is -2.34. The molecule has 238 valence electrons. The zero-order valence-corrected chi connectivity index (χ0v) is 25.3. The average molecular weight is 615 g/mol. The Labute approximate surface area is 256 Å². The summed E-state index contributed by atoms with van der Waals surface area (Å²) in [5, 5.41) is 3.07. The molecule has 1 saturated carbocycles. The van der Waals surface area contributed by atoms with E-state index in [0.29, 0.717) is 55.9 Å². The molecule has 2 aromatic carbocycles. The molecule has 0 saturated heterocycles. The van der Waals surface area contributed by atoms with Gasteiger partial charge in [0, 0.05) is 31.7 Å². The van der Waals surface area contributed by atoms with Gasteiger partial charge < -0.3 is 24.4 Å². The van der Waals surface area contributed by atoms with Crippen LogP contribution in [0.3, 0.4) is 0 Å². The number of nitrogens with one attached hydrogen (secondary N) is 1. The van der Waals surface area contributed by atoms with Crippen LogP contribution >= 0.6 is 0 Å². The lowest BCUT2D eigenvalue weighted by molar-refractivity contribution is -0.144. The summed E-state index contributed by atoms with van der Waals surface area (Å²) in [6.07, 6.45) is 2.85. The molecule has 1 N–H and O–H groups in total. The molecule has 1 aromatic heterocycles. The van der Waals surface area contributed by atoms with Crippen molar-refractivity contribution in [2.75, 3.05) is 43.1 Å². The van der Waals surface area contributed by atoms with Gasteiger partial charge in [-0.15, -0.1) is 0 Å². The minimum Gasteiger partial charge on any atom is -0.490 e. The second-order valence-corrected chi connectivity index (χ2v) is 10.9. The molecule has 0 radical (unpaired) electrons. The van der Waals surface area contributed by atoms with Crippen molar-refractivity contribution in [1.82, 2.24) is 9.97 Å². The number of ether oxygens (including phenoxy) is 3. The van der Waals surface area contributed by atoms with Crippen molar-refractivity contribution >= 4 is 17.6 Å². The second-order valence-electron chi connectivity index (χ2n) is 10.9. The van der Waals surface area contributed by atoms with Gasteiger partial charge in [0.2, 0.25) is 5.95 Å². The van der Waals surface area contributed by atoms with Crippen LogP contribution in [0.15, 0.2) is 60.9 Å². The molecule has 11 heteroatoms. The van der Waals surface area contributed by atoms with Crippen molar-refractivity contribution in [3.8, 4) is 11.5 Å². The highest BCUT2D eigenvalue weighted by molar-refractivity contribution is 5.69. The summed E-state index contributed by atoms with van der Waals surface area (Å²) >= 11 is 0. The number of esters is 1. The highest BCUT2D eigenvalue weighted by Crippen LogP contribution is 2.36. The van der Waals surface area contributed by atoms with Crippen LogP contribution < -0.4 is 19.7 Å². The van der Waals surface area contributed by atoms with E-state index in [1.807, 2.05) is 44.2 Å². The van der Waals surface area contributed by atoms with Crippen LogP contribution in [-0.2, 0) is 22.3 Å². The van der Waals surface area contributed by atoms with Crippen LogP contribution in [0, 0.1) is 11.8 Å². The van der Waals surface area contributed by atoms with Crippen LogP contribution in [0.1, 0.15) is 57.1 Å². The van der Waals surface area contributed by atoms with Crippen molar-refractivity contribution in [3.63, 3.8) is 0 Å². The molecule has 3 aromatic rings. The van der Waals surface area contributed by atoms with Crippen molar-refractivity contribution in [2.24, 2.45) is 11.8 Å². The van der Waals surface area contributed by atoms with E-state index in [1.165, 1.54) is 18.5 Å². The van der Waals surface area contributed by atoms with Gasteiger partial charge >= 0.3 is 12.1 Å². The third-order valence-electron chi connectivity index (χ3n) is 7.76. The molecule has 1 aliphatic carbocycles. The van der Waals surface area contributed by atoms with Crippen LogP contribution in [0.25, 0.3) is 0 Å². The predicted molar refractivity (Wildman–Crippen MR) is 163 cm³/mol. The Morgan fingerprint density at radius 2 is 1.59 bits per heavy atom. The second kappa shape index (κ2) is 16.2. The fraction of sp³-hybridized carbons (Fsp3) is 0.485. The van der Waals surface area contributed by atoms with E-state index in [-0.39, 0.29) is 18.5 Å². The molecule has 0 aliphatic heterocycles. The maximum atomic E-state index is 13.6. The fourth-order valence-corrected chi connectivity index (χ4v) is 5.49. The van der Waals surface area contributed by atoms with E-state index in [0.717, 1.165) is 49.7 Å². The van der Waals surface area contributed by atoms with Crippen molar-refractivity contribution in [3.05, 3.63) is 72.1 Å². The van der Waals surface area contributed by atoms with Crippen LogP contribution in [-0.4, -0.2) is 48.8 Å². The summed E-state index contributed by atoms with van der Waals surface area (Å²) in [4.78, 5) is 22.6. The van der Waals surface area contributed by atoms with Crippen molar-refractivity contribution in [2.45, 2.75) is 58.7 Å². The van der Waals surface area contributed by atoms with Crippen LogP contribution in [0.2, 0.25) is 0 Å². The van der Waals surface area contributed by atoms with Gasteiger partial charge in [0.25, 0.3) is 0 Å². The first-order chi connectivity index (χ1) is 21.2. The zero-order valence-electron chi connectivity index (χ0n) is 25.3. The predicted octanol–water partition coefficient (Wildman–Crippen LogP) is 7.15. The number of aromatic nitrogens is 2. The molecule has 1 aliphatic rings. The molecule has 8 nitrogen and oxygen atoms in total. The summed E-state index contributed by atoms with van der Waals surface area (Å²) in [6, 6.07) is 13.3. The molecule has 44 heavy (non-hydrogen) atoms. The lowest BCUT2D eigenvalue weighted by Crippen LogP contribution is -2.33. The Hall–Kier alpha value is -4.02. The molecule has 0 atom stereocenters. The van der Waals surface area contributed by atoms with E-state index in [4.69, 9.17) is 14.2 Å². The number of carbonyl (C=O) groups excluding carboxylic acids is 1. The Bertz CT molecular complexity index is 1300. The molecule has 0 unspecified atom stereocenters. The van der Waals surface area contributed by atoms with Gasteiger partial charge in [-0.25, -0.2) is 9.97 Å². The highest BCUT2D eigenvalue weighted by atomic mass is 19.4. The monoisotopic (exact) mass is 614 g/mol. The van der Waals surface area contributed by atoms with Gasteiger partial charge in [-0.3, -0.25) is 4.79 Å². The number of para-hydroxylation sites is 1. The maximum absolute atomic E-state index is 13.6. The Morgan fingerprint density at radius 3 is 2.23 bits per heavy atom. The smallest absolute Gasteiger partial charge is 0.416 e. The number of nitrogens with zero attached hydrogens (tertiary/aromatic N) is 3. The minimum absolute atomic E-state index is 0.118. The quantitative estimate of drug-likeness (QED) is 0.143. The molecular formula is C33H41F3N4O4. The first-order valence-corrected chi connectivity index (χ1v) is 15.2. The van der Waals surface area contributed by atoms with Gasteiger partial charge in [-0.05, 0) is 87.3 Å². The fourth-order valence-electron chi connectivity index (χ4n) is 5.49. The summed E-state index contributed by atoms with van der Waals surface area (Å²) in [5.74, 6) is 2.06. The van der Waals surface area contributed by atoms with Crippen molar-refractivity contribution < 1.29 is 32.2 Å². The highest BCUT2D eigenvalue weighted by Gasteiger charge is 2.32. The van der Waals surface area contributed by atoms with Gasteiger partial charge in [0.15, 0.2) is 5.75 Å². The number of hydrogen-bond donors (Lipinski definition) is 1. The average Bonchev–Trinajstić information content (AvgIpc) is 3.02. The van der Waals surface area contributed by atoms with Crippen molar-refractivity contribution in [1.29, 1.82) is 0 Å². The number of benzene rings is 2. The largest absolute Gasteiger partial charge is 0.490 e. The third kappa shape index (κ3) is 10.0.